The van der Waals surface area contributed by atoms with Crippen molar-refractivity contribution in [2.24, 2.45) is 45.3 Å². The SMILES string of the molecule is CCC(C)(C)C(=O)NCCCC[N+](C)(C)C.CCC(C)(C)C(=O)NCCC[N+](C)(C)C.CCC(C)(C)C(=O)NCCC[N+](C)(C)Cc1ccccc1.CCC(C)(C)C(=O)NCC[N+](C)(C)C.CCC(C)C(=O)NCCCC[N+](C)(C)C.CCC(C)C(=O)NCCC[N+](C)(C)C.CCC(C)C(=O)NCCC[N+](C)(C)Cc1ccccc1.CCC(C)C(=O)NCC[N+](C)(C)C.[Cl-].[Cl-].[Cl-].[Cl-].[Cl-].[Cl-].[Cl-]. The third kappa shape index (κ3) is 99.8. The van der Waals surface area contributed by atoms with E-state index in [1.807, 2.05) is 131 Å². The van der Waals surface area contributed by atoms with Gasteiger partial charge in [0.25, 0.3) is 0 Å². The number of amides is 8. The maximum absolute atomic E-state index is 12.0. The molecule has 0 bridgehead atoms. The minimum Gasteiger partial charge on any atom is -1.00 e. The van der Waals surface area contributed by atoms with Crippen LogP contribution in [0, 0.1) is 45.3 Å². The first kappa shape index (κ1) is 159. The molecule has 0 aliphatic carbocycles. The molecule has 0 heterocycles. The summed E-state index contributed by atoms with van der Waals surface area (Å²) >= 11 is 0. The van der Waals surface area contributed by atoms with Gasteiger partial charge in [-0.05, 0) is 77.0 Å². The van der Waals surface area contributed by atoms with Crippen LogP contribution in [0.1, 0.15) is 252 Å². The van der Waals surface area contributed by atoms with Gasteiger partial charge in [-0.3, -0.25) is 38.4 Å². The molecule has 135 heavy (non-hydrogen) atoms. The van der Waals surface area contributed by atoms with Crippen molar-refractivity contribution in [3.8, 4) is 0 Å². The Bertz CT molecular complexity index is 3250. The highest BCUT2D eigenvalue weighted by molar-refractivity contribution is 5.83. The summed E-state index contributed by atoms with van der Waals surface area (Å²) in [6, 6.07) is 21.1. The second-order valence-electron chi connectivity index (χ2n) is 45.9. The summed E-state index contributed by atoms with van der Waals surface area (Å²) in [6.45, 7) is 57.1. The minimum absolute atomic E-state index is 0. The number of unbranched alkanes of at least 4 members (excludes halogenated alkanes) is 2. The van der Waals surface area contributed by atoms with Gasteiger partial charge < -0.3 is 165 Å². The molecule has 0 spiro atoms. The van der Waals surface area contributed by atoms with E-state index in [4.69, 9.17) is 0 Å². The van der Waals surface area contributed by atoms with Crippen LogP contribution in [0.3, 0.4) is 0 Å². The standard InChI is InChI=1S/C18H30N2O.C17H28N2O.C13H28N2O.2C12H26N2O.2C11H24N2O.C10H22N2O.7ClH/c1-6-18(2,3)17(21)19-13-10-14-20(4,5)15-16-11-8-7-9-12-16;1-5-15(2)17(20)18-12-9-13-19(3,4)14-16-10-7-6-8-11-16;1-7-13(2,3)12(16)14-10-8-9-11-15(4,5)6;1-7-12(2,3)11(15)13-9-8-10-14(4,5)6;1-6-11(2)12(15)13-9-7-8-10-14(3,4)5;1-7-11(2,3)10(14)12-8-9-13(4,5)6;1-6-10(2)11(14)12-8-7-9-13(3,4)5;1-6-9(2)10(13)11-7-8-12(3,4)5;;;;;;;/h7-9,11-12H,6,10,13-15H2,1-5H3;6-8,10-11,15H,5,9,12-14H2,1-4H3;7-11H2,1-6H3;7-10H2,1-6H3;11H,6-10H2,1-5H3;7-9H2,1-6H3;10H,6-9H2,1-5H3;9H,6-8H2,1-5H3;7*1H/p+1. The molecular weight excluding hydrogens is 1850 g/mol. The molecule has 31 heteroatoms. The van der Waals surface area contributed by atoms with Gasteiger partial charge in [-0.2, -0.15) is 0 Å². The molecule has 0 saturated heterocycles. The van der Waals surface area contributed by atoms with Gasteiger partial charge in [-0.15, -0.1) is 0 Å². The zero-order valence-electron chi connectivity index (χ0n) is 94.6. The first-order valence-corrected chi connectivity index (χ1v) is 49.2. The number of benzene rings is 2. The highest BCUT2D eigenvalue weighted by Gasteiger charge is 2.29. The van der Waals surface area contributed by atoms with Crippen LogP contribution in [0.4, 0.5) is 0 Å². The van der Waals surface area contributed by atoms with Crippen molar-refractivity contribution in [1.82, 2.24) is 42.5 Å². The number of rotatable bonds is 52. The second-order valence-corrected chi connectivity index (χ2v) is 45.9. The lowest BCUT2D eigenvalue weighted by atomic mass is 9.89. The number of nitrogens with one attached hydrogen (secondary N) is 8. The minimum atomic E-state index is -0.256. The van der Waals surface area contributed by atoms with E-state index in [1.165, 1.54) is 24.1 Å². The summed E-state index contributed by atoms with van der Waals surface area (Å²) in [6.07, 6.45) is 15.8. The van der Waals surface area contributed by atoms with Crippen LogP contribution in [0.25, 0.3) is 0 Å². The van der Waals surface area contributed by atoms with Crippen LogP contribution < -0.4 is 129 Å². The van der Waals surface area contributed by atoms with Crippen LogP contribution >= 0.6 is 0 Å². The number of carbonyl (C=O) groups is 8. The summed E-state index contributed by atoms with van der Waals surface area (Å²) in [4.78, 5) is 92.9. The molecule has 2 aromatic rings. The number of halogens is 7. The van der Waals surface area contributed by atoms with E-state index in [0.717, 1.165) is 243 Å². The number of hydrogen-bond acceptors (Lipinski definition) is 8. The van der Waals surface area contributed by atoms with Gasteiger partial charge in [0.15, 0.2) is 0 Å². The number of carbonyl (C=O) groups excluding carboxylic acids is 8. The highest BCUT2D eigenvalue weighted by Crippen LogP contribution is 2.23. The van der Waals surface area contributed by atoms with Crippen LogP contribution in [0.2, 0.25) is 0 Å². The summed E-state index contributed by atoms with van der Waals surface area (Å²) in [7, 11) is 47.8. The summed E-state index contributed by atoms with van der Waals surface area (Å²) in [5.41, 5.74) is 1.79. The van der Waals surface area contributed by atoms with Crippen LogP contribution in [0.15, 0.2) is 60.7 Å². The van der Waals surface area contributed by atoms with Crippen LogP contribution in [-0.4, -0.2) is 343 Å². The molecule has 0 fully saturated rings. The maximum atomic E-state index is 12.0. The molecule has 8 N–H and O–H groups in total. The monoisotopic (exact) mass is 2060 g/mol. The van der Waals surface area contributed by atoms with Gasteiger partial charge in [-0.1, -0.05) is 199 Å². The maximum Gasteiger partial charge on any atom is 0.225 e. The zero-order chi connectivity index (χ0) is 101. The normalized spacial score (nSPS) is 12.3. The Morgan fingerprint density at radius 3 is 0.615 bits per heavy atom. The predicted molar refractivity (Wildman–Crippen MR) is 547 cm³/mol. The molecule has 0 aromatic heterocycles. The second kappa shape index (κ2) is 82.4. The molecule has 2 aromatic carbocycles. The Balaban J connectivity index is -0.000000114. The molecule has 4 atom stereocenters. The van der Waals surface area contributed by atoms with Crippen LogP contribution in [-0.2, 0) is 51.4 Å². The molecular formula is C104H216Cl7N16O8+. The Hall–Kier alpha value is -4.09. The fourth-order valence-electron chi connectivity index (χ4n) is 11.2. The summed E-state index contributed by atoms with van der Waals surface area (Å²) in [5.74, 6) is 2.00. The smallest absolute Gasteiger partial charge is 0.225 e. The number of likely N-dealkylation sites (N-methyl/N-ethyl adjacent to an activating group) is 2. The average molecular weight is 2070 g/mol. The Morgan fingerprint density at radius 2 is 0.407 bits per heavy atom. The molecule has 0 aliphatic heterocycles. The lowest BCUT2D eigenvalue weighted by molar-refractivity contribution is -0.903. The molecule has 0 radical (unpaired) electrons. The van der Waals surface area contributed by atoms with E-state index < -0.39 is 0 Å². The van der Waals surface area contributed by atoms with E-state index in [-0.39, 0.29) is 179 Å². The van der Waals surface area contributed by atoms with Crippen molar-refractivity contribution in [1.29, 1.82) is 0 Å². The lowest BCUT2D eigenvalue weighted by Gasteiger charge is -2.30. The van der Waals surface area contributed by atoms with Crippen molar-refractivity contribution in [2.45, 2.75) is 254 Å². The molecule has 8 amide bonds. The molecule has 2 rings (SSSR count). The number of nitrogens with zero attached hydrogens (tertiary/aromatic N) is 8. The topological polar surface area (TPSA) is 233 Å². The largest absolute Gasteiger partial charge is 1.00 e. The van der Waals surface area contributed by atoms with E-state index in [0.29, 0.717) is 0 Å². The van der Waals surface area contributed by atoms with Crippen molar-refractivity contribution in [3.05, 3.63) is 71.8 Å². The quantitative estimate of drug-likeness (QED) is 0.0234. The molecule has 0 aliphatic rings. The summed E-state index contributed by atoms with van der Waals surface area (Å²) < 4.78 is 7.56. The van der Waals surface area contributed by atoms with Crippen LogP contribution in [0.5, 0.6) is 0 Å². The van der Waals surface area contributed by atoms with Gasteiger partial charge in [0.05, 0.1) is 220 Å². The van der Waals surface area contributed by atoms with Gasteiger partial charge >= 0.3 is 0 Å². The Labute approximate surface area is 876 Å². The first-order chi connectivity index (χ1) is 58.4. The van der Waals surface area contributed by atoms with E-state index in [1.54, 1.807) is 0 Å². The third-order valence-electron chi connectivity index (χ3n) is 23.4. The van der Waals surface area contributed by atoms with E-state index in [9.17, 15) is 38.4 Å². The van der Waals surface area contributed by atoms with E-state index >= 15 is 0 Å². The Kier molecular flexibility index (Phi) is 96.9. The fraction of sp³-hybridized carbons (Fsp3) is 0.808. The van der Waals surface area contributed by atoms with Crippen molar-refractivity contribution < 1.29 is 161 Å². The lowest BCUT2D eigenvalue weighted by Crippen LogP contribution is -3.00. The summed E-state index contributed by atoms with van der Waals surface area (Å²) in [5, 5.41) is 23.9. The third-order valence-corrected chi connectivity index (χ3v) is 23.4. The molecule has 24 nitrogen and oxygen atoms in total. The van der Waals surface area contributed by atoms with E-state index in [2.05, 4.69) is 266 Å². The average Bonchev–Trinajstić information content (AvgIpc) is 0.880. The molecule has 4 unspecified atom stereocenters. The van der Waals surface area contributed by atoms with Gasteiger partial charge in [0.1, 0.15) is 13.1 Å². The van der Waals surface area contributed by atoms with Gasteiger partial charge in [0, 0.05) is 121 Å². The first-order valence-electron chi connectivity index (χ1n) is 49.2. The molecule has 808 valence electrons. The molecule has 0 saturated carbocycles. The fourth-order valence-corrected chi connectivity index (χ4v) is 11.2. The predicted octanol–water partition coefficient (Wildman–Crippen LogP) is -6.31. The number of hydrogen-bond donors (Lipinski definition) is 8. The van der Waals surface area contributed by atoms with Crippen molar-refractivity contribution in [3.63, 3.8) is 0 Å². The highest BCUT2D eigenvalue weighted by atomic mass is 35.5. The van der Waals surface area contributed by atoms with Gasteiger partial charge in [-0.25, -0.2) is 0 Å². The Morgan fingerprint density at radius 1 is 0.237 bits per heavy atom. The van der Waals surface area contributed by atoms with Crippen molar-refractivity contribution >= 4 is 47.3 Å². The zero-order valence-corrected chi connectivity index (χ0v) is 99.9. The van der Waals surface area contributed by atoms with Gasteiger partial charge in [0.2, 0.25) is 47.3 Å². The number of quaternary nitrogens is 8. The van der Waals surface area contributed by atoms with Crippen molar-refractivity contribution in [2.75, 3.05) is 260 Å².